The third-order valence-corrected chi connectivity index (χ3v) is 8.95. The van der Waals surface area contributed by atoms with Crippen LogP contribution in [0.3, 0.4) is 0 Å². The molecular weight excluding hydrogens is 663 g/mol. The molecule has 10 nitrogen and oxygen atoms in total. The molecule has 0 aliphatic carbocycles. The third-order valence-electron chi connectivity index (χ3n) is 7.54. The molecule has 2 heterocycles. The highest BCUT2D eigenvalue weighted by Crippen LogP contribution is 2.31. The second-order valence-electron chi connectivity index (χ2n) is 11.1. The van der Waals surface area contributed by atoms with E-state index < -0.39 is 39.8 Å². The van der Waals surface area contributed by atoms with Crippen LogP contribution >= 0.6 is 24.0 Å². The maximum absolute atomic E-state index is 14.3. The summed E-state index contributed by atoms with van der Waals surface area (Å²) in [4.78, 5) is 30.8. The fraction of sp³-hybridized carbons (Fsp3) is 0.387. The van der Waals surface area contributed by atoms with Crippen LogP contribution in [-0.2, 0) is 27.6 Å². The number of unbranched alkanes of at least 4 members (excludes halogenated alkanes) is 1. The normalized spacial score (nSPS) is 16.7. The van der Waals surface area contributed by atoms with Crippen molar-refractivity contribution < 1.29 is 31.5 Å². The molecule has 1 aliphatic rings. The van der Waals surface area contributed by atoms with Crippen LogP contribution in [0.1, 0.15) is 50.2 Å². The van der Waals surface area contributed by atoms with E-state index in [-0.39, 0.29) is 51.4 Å². The first-order valence-electron chi connectivity index (χ1n) is 14.5. The highest BCUT2D eigenvalue weighted by molar-refractivity contribution is 7.90. The van der Waals surface area contributed by atoms with Crippen molar-refractivity contribution in [1.82, 2.24) is 15.2 Å². The van der Waals surface area contributed by atoms with Crippen molar-refractivity contribution in [2.24, 2.45) is 5.73 Å². The van der Waals surface area contributed by atoms with E-state index in [0.717, 1.165) is 37.1 Å². The zero-order valence-corrected chi connectivity index (χ0v) is 27.8. The molecule has 4 N–H and O–H groups in total. The summed E-state index contributed by atoms with van der Waals surface area (Å²) in [5.41, 5.74) is 5.76. The number of halogens is 4. The summed E-state index contributed by atoms with van der Waals surface area (Å²) < 4.78 is 57.6. The van der Waals surface area contributed by atoms with Crippen molar-refractivity contribution in [3.63, 3.8) is 0 Å². The Morgan fingerprint density at radius 2 is 1.91 bits per heavy atom. The zero-order valence-electron chi connectivity index (χ0n) is 25.4. The van der Waals surface area contributed by atoms with Crippen molar-refractivity contribution in [3.8, 4) is 11.6 Å². The summed E-state index contributed by atoms with van der Waals surface area (Å²) in [5, 5.41) is 5.49. The van der Waals surface area contributed by atoms with Crippen LogP contribution in [0.2, 0.25) is 5.02 Å². The Kier molecular flexibility index (Phi) is 13.1. The average molecular weight is 701 g/mol. The van der Waals surface area contributed by atoms with E-state index in [4.69, 9.17) is 22.1 Å². The molecule has 1 aromatic heterocycles. The average Bonchev–Trinajstić information content (AvgIpc) is 2.96. The molecule has 1 aliphatic heterocycles. The number of piperidine rings is 1. The van der Waals surface area contributed by atoms with E-state index in [1.54, 1.807) is 12.3 Å². The third kappa shape index (κ3) is 10.2. The van der Waals surface area contributed by atoms with Gasteiger partial charge in [0.15, 0.2) is 9.84 Å². The van der Waals surface area contributed by atoms with Gasteiger partial charge in [0.1, 0.15) is 17.4 Å². The molecule has 2 atom stereocenters. The Morgan fingerprint density at radius 1 is 1.15 bits per heavy atom. The molecule has 4 rings (SSSR count). The number of nitrogens with zero attached hydrogens (tertiary/aromatic N) is 2. The lowest BCUT2D eigenvalue weighted by Crippen LogP contribution is -2.50. The summed E-state index contributed by atoms with van der Waals surface area (Å²) in [5.74, 6) is -2.04. The lowest BCUT2D eigenvalue weighted by atomic mass is 9.93. The van der Waals surface area contributed by atoms with E-state index in [2.05, 4.69) is 27.4 Å². The molecular formula is C31H37Cl2F2N5O5S. The summed E-state index contributed by atoms with van der Waals surface area (Å²) in [6.45, 7) is 3.45. The number of benzene rings is 2. The summed E-state index contributed by atoms with van der Waals surface area (Å²) in [6, 6.07) is 8.96. The second kappa shape index (κ2) is 16.3. The van der Waals surface area contributed by atoms with Gasteiger partial charge >= 0.3 is 6.03 Å². The van der Waals surface area contributed by atoms with Gasteiger partial charge in [0, 0.05) is 49.8 Å². The standard InChI is InChI=1S/C31H36ClF2N5O5S.ClH/c1-3-4-5-22-14-21(37-31(41)38-27-12-20(13-29(35)40)25(33)16-26(27)34)10-11-39(22)18-19-6-9-30(36-17-19)44-28-8-7-23(15-24(28)32)45(2,42)43;/h6-9,12,15-17,21-22H,3-5,10-11,13-14,18H2,1-2H3,(H2,35,40)(H2,37,38,41);1H. The number of primary amides is 1. The maximum atomic E-state index is 14.3. The van der Waals surface area contributed by atoms with Gasteiger partial charge in [-0.05, 0) is 54.7 Å². The molecule has 3 amide bonds. The number of hydrogen-bond acceptors (Lipinski definition) is 7. The SMILES string of the molecule is CCCCC1CC(NC(=O)Nc2cc(CC(N)=O)c(F)cc2F)CCN1Cc1ccc(Oc2ccc(S(C)(=O)=O)cc2Cl)nc1.Cl. The quantitative estimate of drug-likeness (QED) is 0.210. The van der Waals surface area contributed by atoms with E-state index in [9.17, 15) is 26.8 Å². The number of aromatic nitrogens is 1. The number of hydrogen-bond donors (Lipinski definition) is 3. The van der Waals surface area contributed by atoms with Crippen molar-refractivity contribution in [1.29, 1.82) is 0 Å². The van der Waals surface area contributed by atoms with Crippen LogP contribution in [0.15, 0.2) is 53.6 Å². The van der Waals surface area contributed by atoms with Crippen molar-refractivity contribution in [2.45, 2.75) is 69.0 Å². The minimum absolute atomic E-state index is 0. The predicted octanol–water partition coefficient (Wildman–Crippen LogP) is 6.00. The molecule has 0 saturated carbocycles. The number of carbonyl (C=O) groups excluding carboxylic acids is 2. The Morgan fingerprint density at radius 3 is 2.54 bits per heavy atom. The zero-order chi connectivity index (χ0) is 32.7. The smallest absolute Gasteiger partial charge is 0.319 e. The van der Waals surface area contributed by atoms with Gasteiger partial charge in [0.2, 0.25) is 11.8 Å². The Hall–Kier alpha value is -3.52. The molecule has 250 valence electrons. The molecule has 0 radical (unpaired) electrons. The molecule has 3 aromatic rings. The molecule has 2 unspecified atom stereocenters. The number of sulfone groups is 1. The summed E-state index contributed by atoms with van der Waals surface area (Å²) in [6.07, 6.45) is 6.69. The number of ether oxygens (including phenoxy) is 1. The summed E-state index contributed by atoms with van der Waals surface area (Å²) >= 11 is 6.22. The van der Waals surface area contributed by atoms with Gasteiger partial charge in [0.25, 0.3) is 0 Å². The monoisotopic (exact) mass is 699 g/mol. The van der Waals surface area contributed by atoms with E-state index in [1.165, 1.54) is 18.2 Å². The first-order chi connectivity index (χ1) is 21.3. The number of urea groups is 1. The number of anilines is 1. The Balaban J connectivity index is 0.00000576. The number of carbonyl (C=O) groups is 2. The van der Waals surface area contributed by atoms with Gasteiger partial charge < -0.3 is 21.1 Å². The fourth-order valence-corrected chi connectivity index (χ4v) is 6.17. The Labute approximate surface area is 278 Å². The fourth-order valence-electron chi connectivity index (χ4n) is 5.24. The Bertz CT molecular complexity index is 1650. The number of rotatable bonds is 12. The van der Waals surface area contributed by atoms with Crippen LogP contribution < -0.4 is 21.1 Å². The van der Waals surface area contributed by atoms with Crippen LogP contribution in [0.5, 0.6) is 11.6 Å². The predicted molar refractivity (Wildman–Crippen MR) is 174 cm³/mol. The van der Waals surface area contributed by atoms with E-state index >= 15 is 0 Å². The van der Waals surface area contributed by atoms with Crippen LogP contribution in [0, 0.1) is 11.6 Å². The minimum atomic E-state index is -3.40. The highest BCUT2D eigenvalue weighted by atomic mass is 35.5. The first kappa shape index (κ1) is 36.9. The van der Waals surface area contributed by atoms with E-state index in [1.807, 2.05) is 6.07 Å². The van der Waals surface area contributed by atoms with Crippen molar-refractivity contribution in [3.05, 3.63) is 76.4 Å². The molecule has 46 heavy (non-hydrogen) atoms. The van der Waals surface area contributed by atoms with E-state index in [0.29, 0.717) is 37.9 Å². The lowest BCUT2D eigenvalue weighted by Gasteiger charge is -2.40. The van der Waals surface area contributed by atoms with Gasteiger partial charge in [0.05, 0.1) is 22.0 Å². The minimum Gasteiger partial charge on any atom is -0.437 e. The van der Waals surface area contributed by atoms with Crippen molar-refractivity contribution >= 4 is 51.5 Å². The van der Waals surface area contributed by atoms with Crippen molar-refractivity contribution in [2.75, 3.05) is 18.1 Å². The lowest BCUT2D eigenvalue weighted by molar-refractivity contribution is -0.117. The molecule has 0 spiro atoms. The molecule has 0 bridgehead atoms. The number of nitrogens with one attached hydrogen (secondary N) is 2. The first-order valence-corrected chi connectivity index (χ1v) is 16.8. The van der Waals surface area contributed by atoms with Crippen LogP contribution in [0.25, 0.3) is 0 Å². The summed E-state index contributed by atoms with van der Waals surface area (Å²) in [7, 11) is -3.40. The maximum Gasteiger partial charge on any atom is 0.319 e. The molecule has 1 fully saturated rings. The number of amides is 3. The largest absolute Gasteiger partial charge is 0.437 e. The number of nitrogens with two attached hydrogens (primary N) is 1. The number of likely N-dealkylation sites (tertiary alicyclic amines) is 1. The van der Waals surface area contributed by atoms with Crippen LogP contribution in [0.4, 0.5) is 19.3 Å². The number of pyridine rings is 1. The second-order valence-corrected chi connectivity index (χ2v) is 13.5. The topological polar surface area (TPSA) is 144 Å². The highest BCUT2D eigenvalue weighted by Gasteiger charge is 2.29. The van der Waals surface area contributed by atoms with Gasteiger partial charge in [-0.1, -0.05) is 37.4 Å². The van der Waals surface area contributed by atoms with Crippen LogP contribution in [-0.4, -0.2) is 55.1 Å². The van der Waals surface area contributed by atoms with Gasteiger partial charge in [-0.15, -0.1) is 12.4 Å². The molecule has 15 heteroatoms. The molecule has 1 saturated heterocycles. The van der Waals surface area contributed by atoms with Gasteiger partial charge in [-0.25, -0.2) is 27.0 Å². The van der Waals surface area contributed by atoms with Gasteiger partial charge in [-0.3, -0.25) is 9.69 Å². The van der Waals surface area contributed by atoms with Gasteiger partial charge in [-0.2, -0.15) is 0 Å². The molecule has 2 aromatic carbocycles.